The van der Waals surface area contributed by atoms with Gasteiger partial charge in [-0.05, 0) is 50.6 Å². The van der Waals surface area contributed by atoms with Crippen LogP contribution in [0.1, 0.15) is 26.3 Å². The summed E-state index contributed by atoms with van der Waals surface area (Å²) >= 11 is 3.41. The zero-order valence-corrected chi connectivity index (χ0v) is 15.3. The Labute approximate surface area is 146 Å². The van der Waals surface area contributed by atoms with Crippen molar-refractivity contribution in [3.63, 3.8) is 0 Å². The van der Waals surface area contributed by atoms with E-state index in [1.807, 2.05) is 75.4 Å². The molecule has 0 heterocycles. The summed E-state index contributed by atoms with van der Waals surface area (Å²) in [5, 5.41) is 3.28. The van der Waals surface area contributed by atoms with Gasteiger partial charge in [-0.3, -0.25) is 0 Å². The number of hydrogen-bond donors (Lipinski definition) is 1. The maximum atomic E-state index is 12.5. The molecule has 0 radical (unpaired) electrons. The summed E-state index contributed by atoms with van der Waals surface area (Å²) in [6.07, 6.45) is 0.575. The second-order valence-corrected chi connectivity index (χ2v) is 7.34. The van der Waals surface area contributed by atoms with Crippen molar-refractivity contribution in [1.82, 2.24) is 0 Å². The van der Waals surface area contributed by atoms with E-state index in [0.717, 1.165) is 15.7 Å². The van der Waals surface area contributed by atoms with Gasteiger partial charge in [-0.1, -0.05) is 46.3 Å². The van der Waals surface area contributed by atoms with Gasteiger partial charge in [-0.25, -0.2) is 4.79 Å². The normalized spacial score (nSPS) is 12.5. The predicted molar refractivity (Wildman–Crippen MR) is 97.5 cm³/mol. The topological polar surface area (TPSA) is 38.3 Å². The minimum Gasteiger partial charge on any atom is -0.458 e. The monoisotopic (exact) mass is 375 g/mol. The number of halogens is 1. The molecule has 3 nitrogen and oxygen atoms in total. The molecule has 2 aromatic carbocycles. The molecule has 0 bridgehead atoms. The molecule has 2 aromatic rings. The molecule has 1 atom stereocenters. The van der Waals surface area contributed by atoms with Crippen molar-refractivity contribution in [3.8, 4) is 0 Å². The van der Waals surface area contributed by atoms with E-state index in [0.29, 0.717) is 6.42 Å². The van der Waals surface area contributed by atoms with Gasteiger partial charge in [-0.15, -0.1) is 0 Å². The van der Waals surface area contributed by atoms with Crippen LogP contribution in [0.5, 0.6) is 0 Å². The lowest BCUT2D eigenvalue weighted by Crippen LogP contribution is -2.38. The van der Waals surface area contributed by atoms with Gasteiger partial charge in [0.1, 0.15) is 11.6 Å². The first-order valence-electron chi connectivity index (χ1n) is 7.62. The number of nitrogens with one attached hydrogen (secondary N) is 1. The third-order valence-corrected chi connectivity index (χ3v) is 3.69. The Morgan fingerprint density at radius 2 is 1.70 bits per heavy atom. The van der Waals surface area contributed by atoms with Crippen LogP contribution in [0, 0.1) is 0 Å². The summed E-state index contributed by atoms with van der Waals surface area (Å²) in [4.78, 5) is 12.5. The number of benzene rings is 2. The number of esters is 1. The van der Waals surface area contributed by atoms with E-state index in [1.165, 1.54) is 0 Å². The maximum absolute atomic E-state index is 12.5. The predicted octanol–water partition coefficient (Wildman–Crippen LogP) is 4.81. The Kier molecular flexibility index (Phi) is 5.83. The largest absolute Gasteiger partial charge is 0.458 e. The van der Waals surface area contributed by atoms with Gasteiger partial charge in [0.05, 0.1) is 0 Å². The highest BCUT2D eigenvalue weighted by atomic mass is 79.9. The van der Waals surface area contributed by atoms with E-state index in [1.54, 1.807) is 0 Å². The molecule has 1 N–H and O–H groups in total. The fraction of sp³-hybridized carbons (Fsp3) is 0.316. The van der Waals surface area contributed by atoms with E-state index >= 15 is 0 Å². The first-order chi connectivity index (χ1) is 10.8. The van der Waals surface area contributed by atoms with E-state index in [-0.39, 0.29) is 5.97 Å². The summed E-state index contributed by atoms with van der Waals surface area (Å²) in [5.41, 5.74) is 1.47. The molecule has 0 unspecified atom stereocenters. The number of hydrogen-bond acceptors (Lipinski definition) is 3. The van der Waals surface area contributed by atoms with Gasteiger partial charge in [0.2, 0.25) is 0 Å². The van der Waals surface area contributed by atoms with Crippen LogP contribution < -0.4 is 5.32 Å². The molecule has 0 aliphatic carbocycles. The highest BCUT2D eigenvalue weighted by Crippen LogP contribution is 2.18. The first-order valence-corrected chi connectivity index (χ1v) is 8.42. The molecule has 0 amide bonds. The number of ether oxygens (including phenoxy) is 1. The Balaban J connectivity index is 2.16. The average Bonchev–Trinajstić information content (AvgIpc) is 2.48. The van der Waals surface area contributed by atoms with Crippen molar-refractivity contribution in [2.45, 2.75) is 38.8 Å². The van der Waals surface area contributed by atoms with Crippen molar-refractivity contribution in [1.29, 1.82) is 0 Å². The standard InChI is InChI=1S/C19H22BrNO2/c1-19(2,3)23-18(22)17(13-14-7-5-4-6-8-14)21-16-11-9-15(20)10-12-16/h4-12,17,21H,13H2,1-3H3/t17-/m0/s1. The van der Waals surface area contributed by atoms with Crippen LogP contribution in [0.2, 0.25) is 0 Å². The molecule has 0 saturated carbocycles. The minimum absolute atomic E-state index is 0.246. The summed E-state index contributed by atoms with van der Waals surface area (Å²) in [5.74, 6) is -0.246. The van der Waals surface area contributed by atoms with Gasteiger partial charge in [-0.2, -0.15) is 0 Å². The zero-order valence-electron chi connectivity index (χ0n) is 13.7. The number of carbonyl (C=O) groups excluding carboxylic acids is 1. The van der Waals surface area contributed by atoms with E-state index in [4.69, 9.17) is 4.74 Å². The van der Waals surface area contributed by atoms with Crippen LogP contribution in [0.4, 0.5) is 5.69 Å². The summed E-state index contributed by atoms with van der Waals surface area (Å²) in [6, 6.07) is 17.3. The molecule has 2 rings (SSSR count). The lowest BCUT2D eigenvalue weighted by molar-refractivity contribution is -0.155. The van der Waals surface area contributed by atoms with E-state index in [2.05, 4.69) is 21.2 Å². The molecule has 0 aliphatic rings. The van der Waals surface area contributed by atoms with E-state index in [9.17, 15) is 4.79 Å². The fourth-order valence-corrected chi connectivity index (χ4v) is 2.43. The molecule has 0 aliphatic heterocycles. The number of carbonyl (C=O) groups is 1. The Bertz CT molecular complexity index is 633. The number of anilines is 1. The molecule has 122 valence electrons. The Morgan fingerprint density at radius 3 is 2.26 bits per heavy atom. The molecule has 0 aromatic heterocycles. The maximum Gasteiger partial charge on any atom is 0.329 e. The highest BCUT2D eigenvalue weighted by Gasteiger charge is 2.25. The number of rotatable bonds is 5. The van der Waals surface area contributed by atoms with Gasteiger partial charge >= 0.3 is 5.97 Å². The molecular formula is C19H22BrNO2. The van der Waals surface area contributed by atoms with Crippen LogP contribution in [0.3, 0.4) is 0 Å². The molecular weight excluding hydrogens is 354 g/mol. The zero-order chi connectivity index (χ0) is 16.9. The summed E-state index contributed by atoms with van der Waals surface area (Å²) in [6.45, 7) is 5.64. The summed E-state index contributed by atoms with van der Waals surface area (Å²) in [7, 11) is 0. The molecule has 0 spiro atoms. The van der Waals surface area contributed by atoms with Gasteiger partial charge in [0.15, 0.2) is 0 Å². The first kappa shape index (κ1) is 17.5. The quantitative estimate of drug-likeness (QED) is 0.761. The van der Waals surface area contributed by atoms with Crippen molar-refractivity contribution in [2.24, 2.45) is 0 Å². The highest BCUT2D eigenvalue weighted by molar-refractivity contribution is 9.10. The van der Waals surface area contributed by atoms with Crippen LogP contribution in [-0.4, -0.2) is 17.6 Å². The van der Waals surface area contributed by atoms with Crippen molar-refractivity contribution < 1.29 is 9.53 Å². The van der Waals surface area contributed by atoms with Crippen LogP contribution in [0.25, 0.3) is 0 Å². The van der Waals surface area contributed by atoms with Crippen molar-refractivity contribution in [3.05, 3.63) is 64.6 Å². The Hall–Kier alpha value is -1.81. The average molecular weight is 376 g/mol. The van der Waals surface area contributed by atoms with Crippen LogP contribution >= 0.6 is 15.9 Å². The van der Waals surface area contributed by atoms with E-state index < -0.39 is 11.6 Å². The second-order valence-electron chi connectivity index (χ2n) is 6.43. The third-order valence-electron chi connectivity index (χ3n) is 3.16. The summed E-state index contributed by atoms with van der Waals surface area (Å²) < 4.78 is 6.56. The second kappa shape index (κ2) is 7.64. The third kappa shape index (κ3) is 6.06. The van der Waals surface area contributed by atoms with Crippen LogP contribution in [-0.2, 0) is 16.0 Å². The SMILES string of the molecule is CC(C)(C)OC(=O)[C@H](Cc1ccccc1)Nc1ccc(Br)cc1. The van der Waals surface area contributed by atoms with Crippen molar-refractivity contribution >= 4 is 27.6 Å². The Morgan fingerprint density at radius 1 is 1.09 bits per heavy atom. The molecule has 23 heavy (non-hydrogen) atoms. The molecule has 0 saturated heterocycles. The molecule has 0 fully saturated rings. The lowest BCUT2D eigenvalue weighted by Gasteiger charge is -2.25. The lowest BCUT2D eigenvalue weighted by atomic mass is 10.1. The fourth-order valence-electron chi connectivity index (χ4n) is 2.16. The molecule has 4 heteroatoms. The van der Waals surface area contributed by atoms with Gasteiger partial charge in [0.25, 0.3) is 0 Å². The van der Waals surface area contributed by atoms with Gasteiger partial charge in [0, 0.05) is 16.6 Å². The van der Waals surface area contributed by atoms with Gasteiger partial charge < -0.3 is 10.1 Å². The smallest absolute Gasteiger partial charge is 0.329 e. The minimum atomic E-state index is -0.507. The van der Waals surface area contributed by atoms with Crippen LogP contribution in [0.15, 0.2) is 59.1 Å². The van der Waals surface area contributed by atoms with Crippen molar-refractivity contribution in [2.75, 3.05) is 5.32 Å².